The fourth-order valence-electron chi connectivity index (χ4n) is 2.96. The van der Waals surface area contributed by atoms with Gasteiger partial charge in [0.1, 0.15) is 5.82 Å². The van der Waals surface area contributed by atoms with Crippen molar-refractivity contribution in [2.45, 2.75) is 19.4 Å². The largest absolute Gasteiger partial charge is 0.284 e. The quantitative estimate of drug-likeness (QED) is 0.770. The van der Waals surface area contributed by atoms with Crippen LogP contribution in [0.5, 0.6) is 0 Å². The molecule has 0 unspecified atom stereocenters. The first kappa shape index (κ1) is 20.3. The Labute approximate surface area is 164 Å². The lowest BCUT2D eigenvalue weighted by Crippen LogP contribution is -2.28. The van der Waals surface area contributed by atoms with Crippen LogP contribution in [0.4, 0.5) is 10.1 Å². The van der Waals surface area contributed by atoms with Gasteiger partial charge in [-0.05, 0) is 42.3 Å². The molecule has 1 heterocycles. The molecule has 2 aromatic rings. The molecule has 1 N–H and O–H groups in total. The average molecular weight is 426 g/mol. The summed E-state index contributed by atoms with van der Waals surface area (Å²) in [5.74, 6) is -0.538. The van der Waals surface area contributed by atoms with E-state index in [9.17, 15) is 21.2 Å². The molecule has 7 nitrogen and oxygen atoms in total. The van der Waals surface area contributed by atoms with Gasteiger partial charge in [0.15, 0.2) is 0 Å². The molecule has 0 aliphatic carbocycles. The third-order valence-electron chi connectivity index (χ3n) is 4.28. The van der Waals surface area contributed by atoms with Crippen molar-refractivity contribution in [3.05, 3.63) is 65.5 Å². The van der Waals surface area contributed by atoms with Crippen molar-refractivity contribution >= 4 is 31.4 Å². The minimum atomic E-state index is -3.64. The molecular weight excluding hydrogens is 405 g/mol. The summed E-state index contributed by atoms with van der Waals surface area (Å²) in [5, 5.41) is 4.31. The predicted octanol–water partition coefficient (Wildman–Crippen LogP) is 2.70. The Morgan fingerprint density at radius 3 is 2.43 bits per heavy atom. The van der Waals surface area contributed by atoms with Crippen molar-refractivity contribution in [3.8, 4) is 0 Å². The molecule has 0 spiro atoms. The Balaban J connectivity index is 1.99. The van der Waals surface area contributed by atoms with Crippen LogP contribution in [0.2, 0.25) is 0 Å². The van der Waals surface area contributed by atoms with Gasteiger partial charge in [0.2, 0.25) is 20.0 Å². The van der Waals surface area contributed by atoms with E-state index in [2.05, 4.69) is 9.82 Å². The molecule has 1 atom stereocenters. The van der Waals surface area contributed by atoms with Crippen LogP contribution in [0, 0.1) is 5.82 Å². The first-order valence-electron chi connectivity index (χ1n) is 8.52. The maximum Gasteiger partial charge on any atom is 0.250 e. The van der Waals surface area contributed by atoms with Crippen LogP contribution >= 0.6 is 0 Å². The highest BCUT2D eigenvalue weighted by atomic mass is 32.2. The second-order valence-corrected chi connectivity index (χ2v) is 10.3. The summed E-state index contributed by atoms with van der Waals surface area (Å²) in [6.07, 6.45) is 1.33. The lowest BCUT2D eigenvalue weighted by molar-refractivity contribution is 0.372. The number of nitrogens with one attached hydrogen (secondary N) is 1. The van der Waals surface area contributed by atoms with Gasteiger partial charge >= 0.3 is 0 Å². The zero-order chi connectivity index (χ0) is 20.5. The van der Waals surface area contributed by atoms with Crippen molar-refractivity contribution in [1.82, 2.24) is 4.41 Å². The number of hydrogen-bond acceptors (Lipinski definition) is 5. The predicted molar refractivity (Wildman–Crippen MR) is 107 cm³/mol. The molecule has 0 saturated heterocycles. The number of benzene rings is 2. The highest BCUT2D eigenvalue weighted by molar-refractivity contribution is 7.92. The standard InChI is InChI=1S/C18H20FN3O4S2/c1-3-28(25,26)22-18(13-7-9-15(19)10-8-13)12-17(20-22)14-5-4-6-16(11-14)21-27(2,23)24/h4-11,18,21H,3,12H2,1-2H3/t18-/m0/s1. The van der Waals surface area contributed by atoms with E-state index in [1.807, 2.05) is 0 Å². The van der Waals surface area contributed by atoms with E-state index in [1.54, 1.807) is 24.3 Å². The summed E-state index contributed by atoms with van der Waals surface area (Å²) < 4.78 is 64.7. The van der Waals surface area contributed by atoms with Crippen molar-refractivity contribution < 1.29 is 21.2 Å². The van der Waals surface area contributed by atoms with Crippen molar-refractivity contribution in [1.29, 1.82) is 0 Å². The molecule has 0 bridgehead atoms. The van der Waals surface area contributed by atoms with E-state index in [0.717, 1.165) is 10.7 Å². The lowest BCUT2D eigenvalue weighted by Gasteiger charge is -2.22. The molecule has 0 amide bonds. The third kappa shape index (κ3) is 4.50. The molecular formula is C18H20FN3O4S2. The molecule has 150 valence electrons. The fourth-order valence-corrected chi connectivity index (χ4v) is 4.59. The molecule has 0 fully saturated rings. The number of sulfonamides is 2. The number of rotatable bonds is 6. The van der Waals surface area contributed by atoms with Crippen LogP contribution in [-0.2, 0) is 20.0 Å². The molecule has 1 aliphatic rings. The van der Waals surface area contributed by atoms with E-state index in [0.29, 0.717) is 22.5 Å². The normalized spacial score (nSPS) is 17.5. The minimum Gasteiger partial charge on any atom is -0.284 e. The van der Waals surface area contributed by atoms with Gasteiger partial charge < -0.3 is 0 Å². The number of hydrazone groups is 1. The molecule has 2 aromatic carbocycles. The first-order valence-corrected chi connectivity index (χ1v) is 12.0. The van der Waals surface area contributed by atoms with Crippen molar-refractivity contribution in [3.63, 3.8) is 0 Å². The zero-order valence-corrected chi connectivity index (χ0v) is 17.0. The van der Waals surface area contributed by atoms with Gasteiger partial charge in [-0.15, -0.1) is 0 Å². The topological polar surface area (TPSA) is 95.9 Å². The van der Waals surface area contributed by atoms with Crippen molar-refractivity contribution in [2.24, 2.45) is 5.10 Å². The lowest BCUT2D eigenvalue weighted by atomic mass is 9.99. The van der Waals surface area contributed by atoms with Crippen molar-refractivity contribution in [2.75, 3.05) is 16.7 Å². The van der Waals surface area contributed by atoms with E-state index < -0.39 is 31.9 Å². The average Bonchev–Trinajstić information content (AvgIpc) is 3.07. The van der Waals surface area contributed by atoms with Crippen LogP contribution in [-0.4, -0.2) is 39.0 Å². The van der Waals surface area contributed by atoms with Gasteiger partial charge in [-0.2, -0.15) is 9.52 Å². The van der Waals surface area contributed by atoms with Crippen LogP contribution in [0.3, 0.4) is 0 Å². The SMILES string of the molecule is CCS(=O)(=O)N1N=C(c2cccc(NS(C)(=O)=O)c2)C[C@H]1c1ccc(F)cc1. The van der Waals surface area contributed by atoms with Crippen LogP contribution in [0.1, 0.15) is 30.5 Å². The maximum atomic E-state index is 13.3. The molecule has 0 aromatic heterocycles. The summed E-state index contributed by atoms with van der Waals surface area (Å²) in [7, 11) is -7.09. The first-order chi connectivity index (χ1) is 13.1. The Morgan fingerprint density at radius 2 is 1.82 bits per heavy atom. The Hall–Kier alpha value is -2.46. The van der Waals surface area contributed by atoms with Crippen LogP contribution in [0.25, 0.3) is 0 Å². The van der Waals surface area contributed by atoms with Gasteiger partial charge in [0, 0.05) is 12.1 Å². The third-order valence-corrected chi connectivity index (χ3v) is 6.52. The summed E-state index contributed by atoms with van der Waals surface area (Å²) in [5.41, 5.74) is 2.10. The monoisotopic (exact) mass is 425 g/mol. The van der Waals surface area contributed by atoms with Crippen LogP contribution in [0.15, 0.2) is 53.6 Å². The minimum absolute atomic E-state index is 0.128. The smallest absolute Gasteiger partial charge is 0.250 e. The number of nitrogens with zero attached hydrogens (tertiary/aromatic N) is 2. The molecule has 28 heavy (non-hydrogen) atoms. The second-order valence-electron chi connectivity index (χ2n) is 6.45. The molecule has 0 radical (unpaired) electrons. The number of anilines is 1. The highest BCUT2D eigenvalue weighted by Gasteiger charge is 2.35. The summed E-state index contributed by atoms with van der Waals surface area (Å²) in [6.45, 7) is 1.53. The highest BCUT2D eigenvalue weighted by Crippen LogP contribution is 2.35. The number of hydrogen-bond donors (Lipinski definition) is 1. The van der Waals surface area contributed by atoms with Gasteiger partial charge in [-0.1, -0.05) is 24.3 Å². The molecule has 1 aliphatic heterocycles. The Kier molecular flexibility index (Phi) is 5.44. The second kappa shape index (κ2) is 7.51. The van der Waals surface area contributed by atoms with E-state index in [-0.39, 0.29) is 12.2 Å². The number of halogens is 1. The molecule has 10 heteroatoms. The fraction of sp³-hybridized carbons (Fsp3) is 0.278. The van der Waals surface area contributed by atoms with Gasteiger partial charge in [-0.3, -0.25) is 4.72 Å². The van der Waals surface area contributed by atoms with E-state index in [4.69, 9.17) is 0 Å². The Morgan fingerprint density at radius 1 is 1.14 bits per heavy atom. The molecule has 0 saturated carbocycles. The van der Waals surface area contributed by atoms with Gasteiger partial charge in [0.25, 0.3) is 0 Å². The van der Waals surface area contributed by atoms with Gasteiger partial charge in [-0.25, -0.2) is 21.2 Å². The summed E-state index contributed by atoms with van der Waals surface area (Å²) >= 11 is 0. The van der Waals surface area contributed by atoms with E-state index in [1.165, 1.54) is 31.2 Å². The summed E-state index contributed by atoms with van der Waals surface area (Å²) in [4.78, 5) is 0. The van der Waals surface area contributed by atoms with Crippen LogP contribution < -0.4 is 4.72 Å². The zero-order valence-electron chi connectivity index (χ0n) is 15.3. The maximum absolute atomic E-state index is 13.3. The summed E-state index contributed by atoms with van der Waals surface area (Å²) in [6, 6.07) is 11.6. The van der Waals surface area contributed by atoms with Gasteiger partial charge in [0.05, 0.1) is 23.8 Å². The van der Waals surface area contributed by atoms with E-state index >= 15 is 0 Å². The Bertz CT molecular complexity index is 1110. The molecule has 3 rings (SSSR count).